The number of aliphatic hydroxyl groups is 1. The Labute approximate surface area is 252 Å². The van der Waals surface area contributed by atoms with Crippen molar-refractivity contribution < 1.29 is 46.5 Å². The molecule has 44 heavy (non-hydrogen) atoms. The summed E-state index contributed by atoms with van der Waals surface area (Å²) >= 11 is 5.20. The lowest BCUT2D eigenvalue weighted by molar-refractivity contribution is -0.0572. The van der Waals surface area contributed by atoms with Crippen LogP contribution in [-0.2, 0) is 43.9 Å². The van der Waals surface area contributed by atoms with Crippen LogP contribution in [0.1, 0.15) is 12.5 Å². The molecule has 3 aliphatic heterocycles. The van der Waals surface area contributed by atoms with E-state index in [-0.39, 0.29) is 34.0 Å². The number of aromatic nitrogens is 8. The molecule has 0 bridgehead atoms. The molecule has 0 spiro atoms. The van der Waals surface area contributed by atoms with Crippen molar-refractivity contribution in [2.24, 2.45) is 0 Å². The van der Waals surface area contributed by atoms with Crippen LogP contribution in [0, 0.1) is 0 Å². The number of aliphatic hydroxyl groups excluding tert-OH is 1. The van der Waals surface area contributed by atoms with Crippen molar-refractivity contribution >= 4 is 67.5 Å². The number of ether oxygens (including phenoxy) is 2. The van der Waals surface area contributed by atoms with Gasteiger partial charge in [0.15, 0.2) is 41.6 Å². The predicted molar refractivity (Wildman–Crippen MR) is 150 cm³/mol. The number of nitrogens with zero attached hydrogens (tertiary/aromatic N) is 8. The number of fused-ring (bicyclic) bond motifs is 4. The van der Waals surface area contributed by atoms with Gasteiger partial charge in [-0.1, -0.05) is 0 Å². The second-order valence-electron chi connectivity index (χ2n) is 9.97. The van der Waals surface area contributed by atoms with E-state index in [1.165, 1.54) is 34.4 Å². The number of hydrogen-bond acceptors (Lipinski definition) is 17. The van der Waals surface area contributed by atoms with Crippen LogP contribution in [0.2, 0.25) is 0 Å². The van der Waals surface area contributed by atoms with Gasteiger partial charge in [-0.25, -0.2) is 34.3 Å². The predicted octanol–water partition coefficient (Wildman–Crippen LogP) is -0.365. The first-order valence-corrected chi connectivity index (χ1v) is 17.0. The van der Waals surface area contributed by atoms with Gasteiger partial charge in [0.1, 0.15) is 54.2 Å². The Bertz CT molecular complexity index is 1710. The van der Waals surface area contributed by atoms with Gasteiger partial charge in [-0.05, 0) is 11.8 Å². The maximum Gasteiger partial charge on any atom is 0.325 e. The summed E-state index contributed by atoms with van der Waals surface area (Å²) in [6.07, 6.45) is -6.88. The van der Waals surface area contributed by atoms with Crippen molar-refractivity contribution in [2.75, 3.05) is 24.7 Å². The minimum absolute atomic E-state index is 0.0574. The normalized spacial score (nSPS) is 38.3. The van der Waals surface area contributed by atoms with E-state index in [0.29, 0.717) is 0 Å². The third-order valence-electron chi connectivity index (χ3n) is 7.24. The SMILES string of the molecule is [B-]P1(=O)OC[C@H]2O[C@@H](n3cnc4c(N)ncnc43)C(O)[C@H]2OP(O)(=S)OC[C@H]2O[C@@H](n3cnc4c(N)ncnc43)C(F)[C@H]2O1. The highest BCUT2D eigenvalue weighted by molar-refractivity contribution is 8.07. The third-order valence-corrected chi connectivity index (χ3v) is 9.85. The molecule has 0 aliphatic carbocycles. The highest BCUT2D eigenvalue weighted by Crippen LogP contribution is 2.54. The van der Waals surface area contributed by atoms with Crippen molar-refractivity contribution in [3.05, 3.63) is 25.3 Å². The topological polar surface area (TPSA) is 252 Å². The van der Waals surface area contributed by atoms with E-state index in [1.54, 1.807) is 0 Å². The molecule has 3 aliphatic rings. The van der Waals surface area contributed by atoms with Crippen LogP contribution in [0.15, 0.2) is 25.3 Å². The zero-order valence-electron chi connectivity index (χ0n) is 22.1. The molecular formula is C20H22BFN10O9P2S-. The van der Waals surface area contributed by atoms with Gasteiger partial charge in [0.2, 0.25) is 0 Å². The minimum Gasteiger partial charge on any atom is -0.444 e. The van der Waals surface area contributed by atoms with Crippen molar-refractivity contribution in [2.45, 2.75) is 49.1 Å². The number of imidazole rings is 2. The molecule has 10 atom stereocenters. The summed E-state index contributed by atoms with van der Waals surface area (Å²) in [7, 11) is 1.33. The standard InChI is InChI=1S/C20H22BFN10O9P2S/c21-42(34)36-1-8-14(12(33)20(39-8)32-6-30-11-16(24)26-4-28-18(11)32)41-43(35,44)37-2-7-13(40-42)9(22)19(38-7)31-5-29-10-15(23)25-3-27-17(10)31/h3-9,12-14,19-20,33H,1-2H2,(H,35,44)(H2,23,25,27)(H2,24,26,28)/q-1/t7-,8-,9?,12?,13+,14+,19-,20-,42?,43?/m1/s1. The van der Waals surface area contributed by atoms with E-state index in [9.17, 15) is 14.6 Å². The molecule has 24 heteroatoms. The molecule has 4 unspecified atom stereocenters. The zero-order valence-corrected chi connectivity index (χ0v) is 24.7. The molecule has 7 rings (SSSR count). The van der Waals surface area contributed by atoms with E-state index in [4.69, 9.17) is 58.4 Å². The van der Waals surface area contributed by atoms with Gasteiger partial charge in [-0.3, -0.25) is 13.7 Å². The first kappa shape index (κ1) is 29.9. The average Bonchev–Trinajstić information content (AvgIpc) is 3.73. The summed E-state index contributed by atoms with van der Waals surface area (Å²) in [6.45, 7) is -5.38. The first-order valence-electron chi connectivity index (χ1n) is 12.8. The smallest absolute Gasteiger partial charge is 0.325 e. The Balaban J connectivity index is 1.17. The number of anilines is 2. The van der Waals surface area contributed by atoms with E-state index in [2.05, 4.69) is 29.9 Å². The maximum atomic E-state index is 16.0. The summed E-state index contributed by atoms with van der Waals surface area (Å²) in [5.74, 6) is 0.148. The average molecular weight is 670 g/mol. The maximum absolute atomic E-state index is 16.0. The van der Waals surface area contributed by atoms with E-state index in [0.717, 1.165) is 0 Å². The number of rotatable bonds is 2. The van der Waals surface area contributed by atoms with Crippen molar-refractivity contribution in [3.8, 4) is 0 Å². The van der Waals surface area contributed by atoms with E-state index < -0.39 is 76.6 Å². The number of halogens is 1. The number of nitrogens with two attached hydrogens (primary N) is 2. The van der Waals surface area contributed by atoms with E-state index >= 15 is 4.39 Å². The van der Waals surface area contributed by atoms with Crippen molar-refractivity contribution in [1.29, 1.82) is 0 Å². The molecule has 233 valence electrons. The van der Waals surface area contributed by atoms with Crippen LogP contribution in [0.4, 0.5) is 16.0 Å². The fraction of sp³-hybridized carbons (Fsp3) is 0.500. The fourth-order valence-corrected chi connectivity index (χ4v) is 7.69. The summed E-state index contributed by atoms with van der Waals surface area (Å²) in [5.41, 5.74) is 12.5. The lowest BCUT2D eigenvalue weighted by Crippen LogP contribution is -2.38. The van der Waals surface area contributed by atoms with Crippen LogP contribution in [0.25, 0.3) is 22.3 Å². The largest absolute Gasteiger partial charge is 0.444 e. The molecular weight excluding hydrogens is 648 g/mol. The summed E-state index contributed by atoms with van der Waals surface area (Å²) in [5, 5.41) is 11.2. The van der Waals surface area contributed by atoms with Crippen LogP contribution in [-0.4, -0.2) is 107 Å². The lowest BCUT2D eigenvalue weighted by atomic mass is 10.1. The molecule has 3 radical (unpaired) electrons. The highest BCUT2D eigenvalue weighted by Gasteiger charge is 2.52. The van der Waals surface area contributed by atoms with Gasteiger partial charge in [0.05, 0.1) is 33.3 Å². The fourth-order valence-electron chi connectivity index (χ4n) is 5.23. The zero-order chi connectivity index (χ0) is 31.0. The van der Waals surface area contributed by atoms with Gasteiger partial charge < -0.3 is 56.6 Å². The molecule has 4 aromatic rings. The number of hydrogen-bond donors (Lipinski definition) is 4. The Hall–Kier alpha value is -2.75. The molecule has 7 heterocycles. The Morgan fingerprint density at radius 2 is 1.43 bits per heavy atom. The van der Waals surface area contributed by atoms with Gasteiger partial charge in [0, 0.05) is 0 Å². The Morgan fingerprint density at radius 3 is 2.07 bits per heavy atom. The van der Waals surface area contributed by atoms with Gasteiger partial charge >= 0.3 is 6.72 Å². The van der Waals surface area contributed by atoms with Gasteiger partial charge in [0.25, 0.3) is 0 Å². The molecule has 6 N–H and O–H groups in total. The first-order chi connectivity index (χ1) is 20.9. The highest BCUT2D eigenvalue weighted by atomic mass is 32.5. The summed E-state index contributed by atoms with van der Waals surface area (Å²) in [6, 6.07) is 0. The molecule has 0 amide bonds. The summed E-state index contributed by atoms with van der Waals surface area (Å²) in [4.78, 5) is 35.2. The van der Waals surface area contributed by atoms with Crippen LogP contribution >= 0.6 is 14.2 Å². The van der Waals surface area contributed by atoms with E-state index in [1.807, 2.05) is 0 Å². The quantitative estimate of drug-likeness (QED) is 0.157. The molecule has 3 fully saturated rings. The van der Waals surface area contributed by atoms with Crippen LogP contribution < -0.4 is 11.5 Å². The molecule has 19 nitrogen and oxygen atoms in total. The van der Waals surface area contributed by atoms with Gasteiger partial charge in [-0.2, -0.15) is 0 Å². The van der Waals surface area contributed by atoms with Crippen LogP contribution in [0.3, 0.4) is 0 Å². The number of nitrogen functional groups attached to an aromatic ring is 2. The second kappa shape index (κ2) is 11.0. The second-order valence-corrected chi connectivity index (χ2v) is 14.3. The molecule has 4 aromatic heterocycles. The molecule has 0 aromatic carbocycles. The number of alkyl halides is 1. The van der Waals surface area contributed by atoms with Crippen molar-refractivity contribution in [3.63, 3.8) is 0 Å². The third kappa shape index (κ3) is 5.19. The molecule has 3 saturated heterocycles. The monoisotopic (exact) mass is 670 g/mol. The van der Waals surface area contributed by atoms with Crippen molar-refractivity contribution in [1.82, 2.24) is 39.0 Å². The Kier molecular flexibility index (Phi) is 7.45. The van der Waals surface area contributed by atoms with Gasteiger partial charge in [-0.15, -0.1) is 0 Å². The summed E-state index contributed by atoms with van der Waals surface area (Å²) < 4.78 is 65.6. The lowest BCUT2D eigenvalue weighted by Gasteiger charge is -2.35. The molecule has 0 saturated carbocycles. The Morgan fingerprint density at radius 1 is 0.886 bits per heavy atom. The van der Waals surface area contributed by atoms with Crippen LogP contribution in [0.5, 0.6) is 0 Å². The minimum atomic E-state index is -4.53.